The number of carbonyl (C=O) groups excluding carboxylic acids is 1. The van der Waals surface area contributed by atoms with Gasteiger partial charge in [0.1, 0.15) is 0 Å². The van der Waals surface area contributed by atoms with Gasteiger partial charge in [-0.25, -0.2) is 0 Å². The molecular weight excluding hydrogens is 318 g/mol. The van der Waals surface area contributed by atoms with Crippen LogP contribution in [0.4, 0.5) is 0 Å². The van der Waals surface area contributed by atoms with Gasteiger partial charge in [0, 0.05) is 30.5 Å². The van der Waals surface area contributed by atoms with Crippen LogP contribution >= 0.6 is 0 Å². The van der Waals surface area contributed by atoms with Crippen LogP contribution in [0.15, 0.2) is 0 Å². The van der Waals surface area contributed by atoms with Crippen LogP contribution in [0.3, 0.4) is 0 Å². The first kappa shape index (κ1) is 18.4. The third kappa shape index (κ3) is 3.34. The molecule has 140 valence electrons. The highest BCUT2D eigenvalue weighted by Gasteiger charge is 2.48. The van der Waals surface area contributed by atoms with Crippen molar-refractivity contribution in [1.82, 2.24) is 15.1 Å². The van der Waals surface area contributed by atoms with Gasteiger partial charge in [0.05, 0.1) is 24.5 Å². The molecule has 2 heterocycles. The quantitative estimate of drug-likeness (QED) is 0.856. The molecule has 2 aliphatic rings. The van der Waals surface area contributed by atoms with Gasteiger partial charge in [-0.1, -0.05) is 13.8 Å². The van der Waals surface area contributed by atoms with Gasteiger partial charge in [-0.05, 0) is 39.0 Å². The van der Waals surface area contributed by atoms with Crippen LogP contribution < -0.4 is 5.32 Å². The zero-order valence-electron chi connectivity index (χ0n) is 16.1. The van der Waals surface area contributed by atoms with E-state index in [2.05, 4.69) is 24.3 Å². The molecule has 0 bridgehead atoms. The average molecular weight is 349 g/mol. The molecule has 3 rings (SSSR count). The number of aliphatic hydroxyl groups excluding tert-OH is 1. The topological polar surface area (TPSA) is 76.4 Å². The number of amides is 1. The van der Waals surface area contributed by atoms with Crippen molar-refractivity contribution in [3.63, 3.8) is 0 Å². The second kappa shape index (κ2) is 6.40. The third-order valence-electron chi connectivity index (χ3n) is 5.59. The predicted molar refractivity (Wildman–Crippen MR) is 95.4 cm³/mol. The molecule has 1 aliphatic heterocycles. The third-order valence-corrected chi connectivity index (χ3v) is 5.59. The summed E-state index contributed by atoms with van der Waals surface area (Å²) in [6.45, 7) is 11.8. The fraction of sp³-hybridized carbons (Fsp3) is 0.789. The van der Waals surface area contributed by atoms with E-state index in [0.717, 1.165) is 24.1 Å². The highest BCUT2D eigenvalue weighted by molar-refractivity contribution is 5.94. The predicted octanol–water partition coefficient (Wildman–Crippen LogP) is 2.45. The van der Waals surface area contributed by atoms with Gasteiger partial charge < -0.3 is 15.2 Å². The van der Waals surface area contributed by atoms with Crippen LogP contribution in [0.1, 0.15) is 75.3 Å². The maximum absolute atomic E-state index is 12.8. The van der Waals surface area contributed by atoms with Crippen LogP contribution in [0.5, 0.6) is 0 Å². The molecule has 25 heavy (non-hydrogen) atoms. The van der Waals surface area contributed by atoms with Crippen LogP contribution in [-0.4, -0.2) is 40.0 Å². The molecule has 6 nitrogen and oxygen atoms in total. The fourth-order valence-electron chi connectivity index (χ4n) is 4.96. The van der Waals surface area contributed by atoms with Gasteiger partial charge in [0.25, 0.3) is 5.91 Å². The Labute approximate surface area is 149 Å². The summed E-state index contributed by atoms with van der Waals surface area (Å²) in [7, 11) is 0. The van der Waals surface area contributed by atoms with Crippen LogP contribution in [0.25, 0.3) is 0 Å². The van der Waals surface area contributed by atoms with Crippen LogP contribution in [0, 0.1) is 10.8 Å². The van der Waals surface area contributed by atoms with E-state index in [1.807, 2.05) is 25.5 Å². The molecule has 1 aromatic heterocycles. The van der Waals surface area contributed by atoms with Crippen molar-refractivity contribution in [2.45, 2.75) is 72.6 Å². The molecule has 1 aromatic rings. The molecule has 0 saturated heterocycles. The summed E-state index contributed by atoms with van der Waals surface area (Å²) in [4.78, 5) is 12.8. The monoisotopic (exact) mass is 349 g/mol. The van der Waals surface area contributed by atoms with Crippen molar-refractivity contribution in [2.75, 3.05) is 13.2 Å². The maximum atomic E-state index is 12.8. The molecule has 1 aliphatic carbocycles. The number of rotatable bonds is 5. The number of hydrogen-bond acceptors (Lipinski definition) is 4. The summed E-state index contributed by atoms with van der Waals surface area (Å²) in [5.74, 6) is -0.137. The van der Waals surface area contributed by atoms with Crippen LogP contribution in [-0.2, 0) is 17.7 Å². The fourth-order valence-corrected chi connectivity index (χ4v) is 4.96. The maximum Gasteiger partial charge on any atom is 0.272 e. The Hall–Kier alpha value is -1.40. The standard InChI is InChI=1S/C19H31N3O3/c1-6-22-16-13(3)25-12(2)7-14(16)15(21-22)17(24)20-10-19(11-23)8-18(4,5)9-19/h12-13,23H,6-11H2,1-5H3,(H,20,24)/t12-,13+/m1/s1. The number of ether oxygens (including phenoxy) is 1. The molecule has 2 atom stereocenters. The molecule has 0 unspecified atom stereocenters. The molecule has 6 heteroatoms. The molecule has 0 radical (unpaired) electrons. The summed E-state index contributed by atoms with van der Waals surface area (Å²) in [5.41, 5.74) is 2.62. The largest absolute Gasteiger partial charge is 0.396 e. The van der Waals surface area contributed by atoms with Gasteiger partial charge >= 0.3 is 0 Å². The Kier molecular flexibility index (Phi) is 4.71. The van der Waals surface area contributed by atoms with Crippen molar-refractivity contribution in [3.8, 4) is 0 Å². The first-order valence-corrected chi connectivity index (χ1v) is 9.34. The second-order valence-electron chi connectivity index (χ2n) is 8.68. The number of aliphatic hydroxyl groups is 1. The number of fused-ring (bicyclic) bond motifs is 1. The molecular formula is C19H31N3O3. The van der Waals surface area contributed by atoms with E-state index < -0.39 is 0 Å². The zero-order valence-corrected chi connectivity index (χ0v) is 16.1. The Morgan fingerprint density at radius 1 is 1.40 bits per heavy atom. The highest BCUT2D eigenvalue weighted by Crippen LogP contribution is 2.53. The lowest BCUT2D eigenvalue weighted by molar-refractivity contribution is -0.0520. The van der Waals surface area contributed by atoms with Crippen molar-refractivity contribution in [2.24, 2.45) is 10.8 Å². The highest BCUT2D eigenvalue weighted by atomic mass is 16.5. The van der Waals surface area contributed by atoms with E-state index in [1.165, 1.54) is 0 Å². The summed E-state index contributed by atoms with van der Waals surface area (Å²) < 4.78 is 7.79. The normalized spacial score (nSPS) is 26.6. The van der Waals surface area contributed by atoms with Gasteiger partial charge in [-0.3, -0.25) is 9.48 Å². The number of hydrogen-bond donors (Lipinski definition) is 2. The first-order chi connectivity index (χ1) is 11.7. The lowest BCUT2D eigenvalue weighted by atomic mass is 9.54. The summed E-state index contributed by atoms with van der Waals surface area (Å²) >= 11 is 0. The Balaban J connectivity index is 1.77. The van der Waals surface area contributed by atoms with E-state index in [-0.39, 0.29) is 35.6 Å². The minimum atomic E-state index is -0.184. The van der Waals surface area contributed by atoms with Crippen molar-refractivity contribution >= 4 is 5.91 Å². The van der Waals surface area contributed by atoms with E-state index in [9.17, 15) is 9.90 Å². The van der Waals surface area contributed by atoms with Gasteiger partial charge in [0.15, 0.2) is 5.69 Å². The molecule has 1 saturated carbocycles. The van der Waals surface area contributed by atoms with Crippen molar-refractivity contribution in [1.29, 1.82) is 0 Å². The lowest BCUT2D eigenvalue weighted by Gasteiger charge is -2.52. The summed E-state index contributed by atoms with van der Waals surface area (Å²) in [6, 6.07) is 0. The Morgan fingerprint density at radius 2 is 2.08 bits per heavy atom. The number of carbonyl (C=O) groups is 1. The molecule has 2 N–H and O–H groups in total. The molecule has 0 spiro atoms. The van der Waals surface area contributed by atoms with Gasteiger partial charge in [0.2, 0.25) is 0 Å². The zero-order chi connectivity index (χ0) is 18.4. The summed E-state index contributed by atoms with van der Waals surface area (Å²) in [6.07, 6.45) is 2.60. The smallest absolute Gasteiger partial charge is 0.272 e. The SMILES string of the molecule is CCn1nc(C(=O)NCC2(CO)CC(C)(C)C2)c2c1[C@H](C)O[C@H](C)C2. The number of nitrogens with zero attached hydrogens (tertiary/aromatic N) is 2. The minimum Gasteiger partial charge on any atom is -0.396 e. The lowest BCUT2D eigenvalue weighted by Crippen LogP contribution is -2.52. The minimum absolute atomic E-state index is 0.0519. The second-order valence-corrected chi connectivity index (χ2v) is 8.68. The van der Waals surface area contributed by atoms with E-state index in [1.54, 1.807) is 0 Å². The molecule has 1 fully saturated rings. The van der Waals surface area contributed by atoms with Gasteiger partial charge in [-0.15, -0.1) is 0 Å². The Morgan fingerprint density at radius 3 is 2.64 bits per heavy atom. The number of nitrogens with one attached hydrogen (secondary N) is 1. The van der Waals surface area contributed by atoms with Gasteiger partial charge in [-0.2, -0.15) is 5.10 Å². The average Bonchev–Trinajstić information content (AvgIpc) is 2.89. The first-order valence-electron chi connectivity index (χ1n) is 9.34. The van der Waals surface area contributed by atoms with Crippen molar-refractivity contribution < 1.29 is 14.6 Å². The Bertz CT molecular complexity index is 657. The molecule has 1 amide bonds. The van der Waals surface area contributed by atoms with E-state index >= 15 is 0 Å². The van der Waals surface area contributed by atoms with Crippen molar-refractivity contribution in [3.05, 3.63) is 17.0 Å². The number of aromatic nitrogens is 2. The number of aryl methyl sites for hydroxylation is 1. The van der Waals surface area contributed by atoms with E-state index in [4.69, 9.17) is 4.74 Å². The molecule has 0 aromatic carbocycles. The van der Waals surface area contributed by atoms with Crippen LogP contribution in [0.2, 0.25) is 0 Å². The summed E-state index contributed by atoms with van der Waals surface area (Å²) in [5, 5.41) is 17.4. The van der Waals surface area contributed by atoms with E-state index in [0.29, 0.717) is 25.2 Å².